The number of anilines is 1. The predicted molar refractivity (Wildman–Crippen MR) is 103 cm³/mol. The van der Waals surface area contributed by atoms with Crippen LogP contribution in [0.2, 0.25) is 5.02 Å². The summed E-state index contributed by atoms with van der Waals surface area (Å²) < 4.78 is 1.67. The molecule has 1 aromatic carbocycles. The Kier molecular flexibility index (Phi) is 4.83. The Labute approximate surface area is 161 Å². The van der Waals surface area contributed by atoms with E-state index in [0.717, 1.165) is 11.1 Å². The van der Waals surface area contributed by atoms with E-state index in [1.165, 1.54) is 29.4 Å². The zero-order valence-electron chi connectivity index (χ0n) is 13.2. The number of rotatable bonds is 5. The van der Waals surface area contributed by atoms with E-state index in [1.54, 1.807) is 28.5 Å². The molecule has 10 heteroatoms. The van der Waals surface area contributed by atoms with E-state index in [1.807, 2.05) is 18.2 Å². The lowest BCUT2D eigenvalue weighted by molar-refractivity contribution is -0.113. The first-order valence-electron chi connectivity index (χ1n) is 7.48. The molecule has 3 heterocycles. The Bertz CT molecular complexity index is 1070. The monoisotopic (exact) mass is 402 g/mol. The molecule has 1 amide bonds. The van der Waals surface area contributed by atoms with Gasteiger partial charge in [-0.2, -0.15) is 5.10 Å². The molecule has 0 fully saturated rings. The van der Waals surface area contributed by atoms with Gasteiger partial charge in [-0.25, -0.2) is 19.6 Å². The van der Waals surface area contributed by atoms with Crippen LogP contribution in [0.5, 0.6) is 0 Å². The van der Waals surface area contributed by atoms with Crippen LogP contribution in [0.1, 0.15) is 0 Å². The van der Waals surface area contributed by atoms with Gasteiger partial charge in [-0.1, -0.05) is 35.5 Å². The number of thiazole rings is 1. The number of para-hydroxylation sites is 1. The molecule has 0 unspecified atom stereocenters. The third-order valence-electron chi connectivity index (χ3n) is 3.43. The average Bonchev–Trinajstić information content (AvgIpc) is 3.30. The lowest BCUT2D eigenvalue weighted by Gasteiger charge is -2.06. The highest BCUT2D eigenvalue weighted by Crippen LogP contribution is 2.28. The fourth-order valence-electron chi connectivity index (χ4n) is 2.31. The summed E-state index contributed by atoms with van der Waals surface area (Å²) in [6.45, 7) is 0. The van der Waals surface area contributed by atoms with Crippen molar-refractivity contribution in [3.63, 3.8) is 0 Å². The second-order valence-electron chi connectivity index (χ2n) is 5.10. The molecule has 26 heavy (non-hydrogen) atoms. The minimum Gasteiger partial charge on any atom is -0.301 e. The first kappa shape index (κ1) is 17.0. The van der Waals surface area contributed by atoms with Crippen molar-refractivity contribution in [2.24, 2.45) is 0 Å². The van der Waals surface area contributed by atoms with Gasteiger partial charge >= 0.3 is 0 Å². The third-order valence-corrected chi connectivity index (χ3v) is 5.44. The Hall–Kier alpha value is -2.49. The van der Waals surface area contributed by atoms with E-state index < -0.39 is 0 Å². The van der Waals surface area contributed by atoms with Gasteiger partial charge < -0.3 is 5.32 Å². The lowest BCUT2D eigenvalue weighted by atomic mass is 10.3. The number of hydrogen-bond donors (Lipinski definition) is 1. The molecule has 0 saturated heterocycles. The molecule has 0 aliphatic heterocycles. The van der Waals surface area contributed by atoms with Gasteiger partial charge in [0.1, 0.15) is 11.4 Å². The summed E-state index contributed by atoms with van der Waals surface area (Å²) in [5, 5.41) is 11.5. The molecule has 0 bridgehead atoms. The first-order valence-corrected chi connectivity index (χ1v) is 9.72. The third kappa shape index (κ3) is 3.41. The van der Waals surface area contributed by atoms with Crippen LogP contribution in [0.25, 0.3) is 16.7 Å². The molecular formula is C16H11ClN6OS2. The Balaban J connectivity index is 1.57. The Morgan fingerprint density at radius 2 is 2.15 bits per heavy atom. The van der Waals surface area contributed by atoms with Crippen LogP contribution >= 0.6 is 34.7 Å². The summed E-state index contributed by atoms with van der Waals surface area (Å²) in [6.07, 6.45) is 4.78. The molecule has 3 aromatic heterocycles. The maximum Gasteiger partial charge on any atom is 0.236 e. The Morgan fingerprint density at radius 1 is 1.27 bits per heavy atom. The van der Waals surface area contributed by atoms with Gasteiger partial charge in [-0.05, 0) is 12.1 Å². The van der Waals surface area contributed by atoms with E-state index in [4.69, 9.17) is 11.6 Å². The van der Waals surface area contributed by atoms with E-state index in [2.05, 4.69) is 25.4 Å². The number of aromatic nitrogens is 5. The van der Waals surface area contributed by atoms with E-state index in [-0.39, 0.29) is 11.7 Å². The largest absolute Gasteiger partial charge is 0.301 e. The average molecular weight is 403 g/mol. The number of hydrogen-bond acceptors (Lipinski definition) is 7. The molecule has 0 aliphatic carbocycles. The van der Waals surface area contributed by atoms with Crippen molar-refractivity contribution in [2.75, 3.05) is 11.1 Å². The van der Waals surface area contributed by atoms with Gasteiger partial charge in [-0.3, -0.25) is 4.79 Å². The molecule has 0 radical (unpaired) electrons. The zero-order valence-corrected chi connectivity index (χ0v) is 15.6. The van der Waals surface area contributed by atoms with Crippen LogP contribution in [0.4, 0.5) is 5.13 Å². The molecule has 0 saturated carbocycles. The molecule has 7 nitrogen and oxygen atoms in total. The molecule has 0 atom stereocenters. The van der Waals surface area contributed by atoms with E-state index in [0.29, 0.717) is 20.8 Å². The van der Waals surface area contributed by atoms with Crippen molar-refractivity contribution in [2.45, 2.75) is 5.03 Å². The van der Waals surface area contributed by atoms with Crippen molar-refractivity contribution in [3.05, 3.63) is 53.4 Å². The summed E-state index contributed by atoms with van der Waals surface area (Å²) in [4.78, 5) is 24.7. The lowest BCUT2D eigenvalue weighted by Crippen LogP contribution is -2.13. The second kappa shape index (κ2) is 7.40. The molecule has 4 aromatic rings. The fraction of sp³-hybridized carbons (Fsp3) is 0.0625. The number of benzene rings is 1. The van der Waals surface area contributed by atoms with Crippen molar-refractivity contribution in [3.8, 4) is 5.69 Å². The normalized spacial score (nSPS) is 11.0. The summed E-state index contributed by atoms with van der Waals surface area (Å²) in [6, 6.07) is 7.40. The molecule has 4 rings (SSSR count). The number of fused-ring (bicyclic) bond motifs is 1. The van der Waals surface area contributed by atoms with Crippen molar-refractivity contribution >= 4 is 56.8 Å². The topological polar surface area (TPSA) is 85.6 Å². The maximum atomic E-state index is 12.0. The smallest absolute Gasteiger partial charge is 0.236 e. The summed E-state index contributed by atoms with van der Waals surface area (Å²) in [5.74, 6) is 0.0680. The van der Waals surface area contributed by atoms with Crippen molar-refractivity contribution in [1.29, 1.82) is 0 Å². The zero-order chi connectivity index (χ0) is 17.9. The SMILES string of the molecule is O=C(CSc1ncnc2c1cnn2-c1ccccc1Cl)Nc1nccs1. The number of amides is 1. The molecular weight excluding hydrogens is 392 g/mol. The quantitative estimate of drug-likeness (QED) is 0.405. The highest BCUT2D eigenvalue weighted by molar-refractivity contribution is 8.00. The van der Waals surface area contributed by atoms with Crippen LogP contribution in [0.3, 0.4) is 0 Å². The van der Waals surface area contributed by atoms with E-state index in [9.17, 15) is 4.79 Å². The fourth-order valence-corrected chi connectivity index (χ4v) is 3.83. The van der Waals surface area contributed by atoms with Crippen LogP contribution in [0.15, 0.2) is 53.4 Å². The number of nitrogens with one attached hydrogen (secondary N) is 1. The van der Waals surface area contributed by atoms with Crippen LogP contribution in [-0.2, 0) is 4.79 Å². The van der Waals surface area contributed by atoms with Crippen molar-refractivity contribution < 1.29 is 4.79 Å². The van der Waals surface area contributed by atoms with Gasteiger partial charge in [0.15, 0.2) is 10.8 Å². The van der Waals surface area contributed by atoms with E-state index >= 15 is 0 Å². The van der Waals surface area contributed by atoms with Crippen LogP contribution in [0, 0.1) is 0 Å². The number of carbonyl (C=O) groups excluding carboxylic acids is 1. The highest BCUT2D eigenvalue weighted by Gasteiger charge is 2.14. The standard InChI is InChI=1S/C16H11ClN6OS2/c17-11-3-1-2-4-12(11)23-14-10(7-21-23)15(20-9-19-14)26-8-13(24)22-16-18-5-6-25-16/h1-7,9H,8H2,(H,18,22,24). The Morgan fingerprint density at radius 3 is 2.96 bits per heavy atom. The van der Waals surface area contributed by atoms with Crippen molar-refractivity contribution in [1.82, 2.24) is 24.7 Å². The molecule has 0 aliphatic rings. The van der Waals surface area contributed by atoms with Gasteiger partial charge in [0.2, 0.25) is 5.91 Å². The van der Waals surface area contributed by atoms with Gasteiger partial charge in [-0.15, -0.1) is 11.3 Å². The molecule has 1 N–H and O–H groups in total. The first-order chi connectivity index (χ1) is 12.7. The van der Waals surface area contributed by atoms with Gasteiger partial charge in [0.25, 0.3) is 0 Å². The molecule has 0 spiro atoms. The predicted octanol–water partition coefficient (Wildman–Crippen LogP) is 3.66. The highest BCUT2D eigenvalue weighted by atomic mass is 35.5. The minimum absolute atomic E-state index is 0.143. The minimum atomic E-state index is -0.143. The number of carbonyl (C=O) groups is 1. The summed E-state index contributed by atoms with van der Waals surface area (Å²) in [7, 11) is 0. The number of thioether (sulfide) groups is 1. The van der Waals surface area contributed by atoms with Crippen LogP contribution < -0.4 is 5.32 Å². The van der Waals surface area contributed by atoms with Gasteiger partial charge in [0, 0.05) is 11.6 Å². The number of nitrogens with zero attached hydrogens (tertiary/aromatic N) is 5. The second-order valence-corrected chi connectivity index (χ2v) is 7.36. The van der Waals surface area contributed by atoms with Gasteiger partial charge in [0.05, 0.1) is 28.0 Å². The summed E-state index contributed by atoms with van der Waals surface area (Å²) in [5.41, 5.74) is 1.37. The maximum absolute atomic E-state index is 12.0. The van der Waals surface area contributed by atoms with Crippen LogP contribution in [-0.4, -0.2) is 36.4 Å². The number of halogens is 1. The summed E-state index contributed by atoms with van der Waals surface area (Å²) >= 11 is 8.95. The molecule has 130 valence electrons.